The van der Waals surface area contributed by atoms with Crippen LogP contribution in [0.2, 0.25) is 0 Å². The highest BCUT2D eigenvalue weighted by atomic mass is 19.4. The standard InChI is InChI=1S/C15H24F3N3/c1-5-6-19-8-13-9-20-12(4)7-14(13)21(11(2)3)10-15(16,17)18/h7,9,11,19H,5-6,8,10H2,1-4H3. The second-order valence-corrected chi connectivity index (χ2v) is 5.47. The minimum Gasteiger partial charge on any atom is -0.360 e. The zero-order valence-electron chi connectivity index (χ0n) is 13.1. The molecule has 0 unspecified atom stereocenters. The van der Waals surface area contributed by atoms with Crippen molar-refractivity contribution < 1.29 is 13.2 Å². The number of rotatable bonds is 7. The van der Waals surface area contributed by atoms with Crippen molar-refractivity contribution in [2.75, 3.05) is 18.0 Å². The molecule has 0 aliphatic heterocycles. The van der Waals surface area contributed by atoms with Gasteiger partial charge in [0.15, 0.2) is 0 Å². The van der Waals surface area contributed by atoms with Crippen LogP contribution >= 0.6 is 0 Å². The summed E-state index contributed by atoms with van der Waals surface area (Å²) in [6, 6.07) is 1.49. The molecule has 1 N–H and O–H groups in total. The molecule has 3 nitrogen and oxygen atoms in total. The van der Waals surface area contributed by atoms with Gasteiger partial charge in [-0.3, -0.25) is 4.98 Å². The Labute approximate surface area is 124 Å². The molecule has 21 heavy (non-hydrogen) atoms. The number of hydrogen-bond donors (Lipinski definition) is 1. The number of hydrogen-bond acceptors (Lipinski definition) is 3. The van der Waals surface area contributed by atoms with Gasteiger partial charge in [-0.1, -0.05) is 6.92 Å². The Morgan fingerprint density at radius 2 is 2.00 bits per heavy atom. The van der Waals surface area contributed by atoms with Crippen molar-refractivity contribution in [3.8, 4) is 0 Å². The van der Waals surface area contributed by atoms with E-state index in [4.69, 9.17) is 0 Å². The van der Waals surface area contributed by atoms with Gasteiger partial charge in [0.25, 0.3) is 0 Å². The Hall–Kier alpha value is -1.30. The molecule has 1 aromatic heterocycles. The van der Waals surface area contributed by atoms with Crippen LogP contribution in [0.3, 0.4) is 0 Å². The van der Waals surface area contributed by atoms with Crippen molar-refractivity contribution in [1.29, 1.82) is 0 Å². The van der Waals surface area contributed by atoms with Crippen LogP contribution in [0.4, 0.5) is 18.9 Å². The summed E-state index contributed by atoms with van der Waals surface area (Å²) >= 11 is 0. The first kappa shape index (κ1) is 17.8. The fraction of sp³-hybridized carbons (Fsp3) is 0.667. The van der Waals surface area contributed by atoms with Crippen LogP contribution in [0.15, 0.2) is 12.3 Å². The maximum absolute atomic E-state index is 12.8. The highest BCUT2D eigenvalue weighted by Crippen LogP contribution is 2.27. The van der Waals surface area contributed by atoms with Gasteiger partial charge < -0.3 is 10.2 Å². The lowest BCUT2D eigenvalue weighted by molar-refractivity contribution is -0.120. The number of aryl methyl sites for hydroxylation is 1. The smallest absolute Gasteiger partial charge is 0.360 e. The molecule has 1 heterocycles. The van der Waals surface area contributed by atoms with E-state index in [9.17, 15) is 13.2 Å². The van der Waals surface area contributed by atoms with Gasteiger partial charge >= 0.3 is 6.18 Å². The Balaban J connectivity index is 3.07. The van der Waals surface area contributed by atoms with E-state index in [2.05, 4.69) is 10.3 Å². The topological polar surface area (TPSA) is 28.2 Å². The van der Waals surface area contributed by atoms with Crippen molar-refractivity contribution in [3.05, 3.63) is 23.5 Å². The first-order valence-electron chi connectivity index (χ1n) is 7.24. The molecule has 0 saturated heterocycles. The first-order valence-corrected chi connectivity index (χ1v) is 7.24. The van der Waals surface area contributed by atoms with Crippen molar-refractivity contribution in [3.63, 3.8) is 0 Å². The SMILES string of the molecule is CCCNCc1cnc(C)cc1N(CC(F)(F)F)C(C)C. The Kier molecular flexibility index (Phi) is 6.45. The number of alkyl halides is 3. The molecular formula is C15H24F3N3. The van der Waals surface area contributed by atoms with Crippen molar-refractivity contribution in [2.45, 2.75) is 52.9 Å². The molecule has 0 amide bonds. The minimum absolute atomic E-state index is 0.238. The lowest BCUT2D eigenvalue weighted by Gasteiger charge is -2.32. The van der Waals surface area contributed by atoms with Crippen LogP contribution in [0.25, 0.3) is 0 Å². The lowest BCUT2D eigenvalue weighted by atomic mass is 10.1. The van der Waals surface area contributed by atoms with Crippen LogP contribution < -0.4 is 10.2 Å². The Morgan fingerprint density at radius 3 is 2.52 bits per heavy atom. The van der Waals surface area contributed by atoms with Crippen LogP contribution in [-0.2, 0) is 6.54 Å². The third-order valence-electron chi connectivity index (χ3n) is 3.12. The molecular weight excluding hydrogens is 279 g/mol. The van der Waals surface area contributed by atoms with Gasteiger partial charge in [-0.2, -0.15) is 13.2 Å². The number of halogens is 3. The van der Waals surface area contributed by atoms with Gasteiger partial charge in [0, 0.05) is 35.7 Å². The van der Waals surface area contributed by atoms with Gasteiger partial charge in [0.05, 0.1) is 0 Å². The number of pyridine rings is 1. The van der Waals surface area contributed by atoms with Crippen LogP contribution in [0.5, 0.6) is 0 Å². The minimum atomic E-state index is -4.23. The van der Waals surface area contributed by atoms with E-state index in [1.54, 1.807) is 33.0 Å². The molecule has 0 aliphatic rings. The fourth-order valence-electron chi connectivity index (χ4n) is 2.12. The highest BCUT2D eigenvalue weighted by Gasteiger charge is 2.32. The van der Waals surface area contributed by atoms with E-state index in [-0.39, 0.29) is 6.04 Å². The number of anilines is 1. The molecule has 0 spiro atoms. The van der Waals surface area contributed by atoms with Gasteiger partial charge in [-0.25, -0.2) is 0 Å². The fourth-order valence-corrected chi connectivity index (χ4v) is 2.12. The van der Waals surface area contributed by atoms with Crippen LogP contribution in [0, 0.1) is 6.92 Å². The third-order valence-corrected chi connectivity index (χ3v) is 3.12. The van der Waals surface area contributed by atoms with Gasteiger partial charge in [-0.15, -0.1) is 0 Å². The predicted octanol–water partition coefficient (Wildman–Crippen LogP) is 3.67. The monoisotopic (exact) mass is 303 g/mol. The van der Waals surface area contributed by atoms with E-state index in [0.29, 0.717) is 12.2 Å². The molecule has 1 aromatic rings. The molecule has 0 radical (unpaired) electrons. The summed E-state index contributed by atoms with van der Waals surface area (Å²) in [6.07, 6.45) is -1.58. The molecule has 0 aromatic carbocycles. The number of nitrogens with one attached hydrogen (secondary N) is 1. The Morgan fingerprint density at radius 1 is 1.33 bits per heavy atom. The summed E-state index contributed by atoms with van der Waals surface area (Å²) in [4.78, 5) is 5.60. The second-order valence-electron chi connectivity index (χ2n) is 5.47. The van der Waals surface area contributed by atoms with Gasteiger partial charge in [0.2, 0.25) is 0 Å². The van der Waals surface area contributed by atoms with E-state index in [0.717, 1.165) is 24.2 Å². The lowest BCUT2D eigenvalue weighted by Crippen LogP contribution is -2.40. The number of aromatic nitrogens is 1. The molecule has 0 atom stereocenters. The maximum atomic E-state index is 12.8. The molecule has 1 rings (SSSR count). The van der Waals surface area contributed by atoms with E-state index in [1.807, 2.05) is 6.92 Å². The highest BCUT2D eigenvalue weighted by molar-refractivity contribution is 5.54. The van der Waals surface area contributed by atoms with E-state index >= 15 is 0 Å². The molecule has 0 saturated carbocycles. The van der Waals surface area contributed by atoms with E-state index < -0.39 is 12.7 Å². The molecule has 6 heteroatoms. The number of nitrogens with zero attached hydrogens (tertiary/aromatic N) is 2. The van der Waals surface area contributed by atoms with E-state index in [1.165, 1.54) is 4.90 Å². The third kappa shape index (κ3) is 5.91. The summed E-state index contributed by atoms with van der Waals surface area (Å²) in [6.45, 7) is 7.78. The van der Waals surface area contributed by atoms with Crippen LogP contribution in [0.1, 0.15) is 38.4 Å². The normalized spacial score (nSPS) is 12.0. The van der Waals surface area contributed by atoms with Gasteiger partial charge in [0.1, 0.15) is 6.54 Å². The first-order chi connectivity index (χ1) is 9.74. The van der Waals surface area contributed by atoms with Gasteiger partial charge in [-0.05, 0) is 39.8 Å². The summed E-state index contributed by atoms with van der Waals surface area (Å²) in [5.74, 6) is 0. The Bertz CT molecular complexity index is 444. The maximum Gasteiger partial charge on any atom is 0.405 e. The quantitative estimate of drug-likeness (QED) is 0.779. The summed E-state index contributed by atoms with van der Waals surface area (Å²) in [5, 5.41) is 3.22. The van der Waals surface area contributed by atoms with Crippen LogP contribution in [-0.4, -0.2) is 30.3 Å². The molecule has 0 bridgehead atoms. The molecule has 0 aliphatic carbocycles. The molecule has 120 valence electrons. The van der Waals surface area contributed by atoms with Crippen molar-refractivity contribution in [2.24, 2.45) is 0 Å². The average molecular weight is 303 g/mol. The zero-order valence-corrected chi connectivity index (χ0v) is 13.1. The summed E-state index contributed by atoms with van der Waals surface area (Å²) in [7, 11) is 0. The summed E-state index contributed by atoms with van der Waals surface area (Å²) < 4.78 is 38.5. The largest absolute Gasteiger partial charge is 0.405 e. The average Bonchev–Trinajstić information content (AvgIpc) is 2.36. The second kappa shape index (κ2) is 7.64. The van der Waals surface area contributed by atoms with Crippen molar-refractivity contribution in [1.82, 2.24) is 10.3 Å². The summed E-state index contributed by atoms with van der Waals surface area (Å²) in [5.41, 5.74) is 2.13. The predicted molar refractivity (Wildman–Crippen MR) is 79.5 cm³/mol. The van der Waals surface area contributed by atoms with Crippen molar-refractivity contribution >= 4 is 5.69 Å². The zero-order chi connectivity index (χ0) is 16.0. The molecule has 0 fully saturated rings.